The van der Waals surface area contributed by atoms with Gasteiger partial charge in [-0.1, -0.05) is 0 Å². The molecular formula is C8H9N5OS2. The van der Waals surface area contributed by atoms with E-state index >= 15 is 0 Å². The van der Waals surface area contributed by atoms with Crippen molar-refractivity contribution in [2.45, 2.75) is 16.3 Å². The average molecular weight is 255 g/mol. The summed E-state index contributed by atoms with van der Waals surface area (Å²) in [6.45, 7) is 1.84. The summed E-state index contributed by atoms with van der Waals surface area (Å²) < 4.78 is 9.88. The van der Waals surface area contributed by atoms with Crippen LogP contribution in [0.3, 0.4) is 0 Å². The van der Waals surface area contributed by atoms with E-state index in [1.165, 1.54) is 36.7 Å². The zero-order chi connectivity index (χ0) is 11.5. The molecule has 0 radical (unpaired) electrons. The van der Waals surface area contributed by atoms with E-state index in [2.05, 4.69) is 19.3 Å². The van der Waals surface area contributed by atoms with Gasteiger partial charge < -0.3 is 10.5 Å². The van der Waals surface area contributed by atoms with Gasteiger partial charge in [-0.25, -0.2) is 9.97 Å². The molecule has 2 aromatic heterocycles. The van der Waals surface area contributed by atoms with E-state index in [1.54, 1.807) is 0 Å². The Bertz CT molecular complexity index is 501. The van der Waals surface area contributed by atoms with Crippen molar-refractivity contribution in [3.05, 3.63) is 12.2 Å². The summed E-state index contributed by atoms with van der Waals surface area (Å²) in [6, 6.07) is 0. The number of nitrogen functional groups attached to an aromatic ring is 1. The summed E-state index contributed by atoms with van der Waals surface area (Å²) in [5, 5.41) is 0.628. The lowest BCUT2D eigenvalue weighted by molar-refractivity contribution is 0.397. The van der Waals surface area contributed by atoms with Crippen molar-refractivity contribution in [2.24, 2.45) is 0 Å². The van der Waals surface area contributed by atoms with Gasteiger partial charge in [0.15, 0.2) is 4.34 Å². The minimum atomic E-state index is 0.374. The Balaban J connectivity index is 2.28. The Hall–Kier alpha value is -1.41. The molecule has 2 N–H and O–H groups in total. The zero-order valence-electron chi connectivity index (χ0n) is 8.67. The van der Waals surface area contributed by atoms with Gasteiger partial charge in [-0.05, 0) is 30.2 Å². The first-order valence-corrected chi connectivity index (χ1v) is 5.92. The van der Waals surface area contributed by atoms with Crippen LogP contribution < -0.4 is 10.5 Å². The van der Waals surface area contributed by atoms with Gasteiger partial charge in [0.2, 0.25) is 5.88 Å². The fraction of sp³-hybridized carbons (Fsp3) is 0.250. The van der Waals surface area contributed by atoms with Crippen LogP contribution in [-0.2, 0) is 0 Å². The molecular weight excluding hydrogens is 246 g/mol. The number of nitrogens with two attached hydrogens (primary N) is 1. The van der Waals surface area contributed by atoms with Gasteiger partial charge in [-0.15, -0.1) is 0 Å². The third-order valence-corrected chi connectivity index (χ3v) is 3.56. The first-order chi connectivity index (χ1) is 7.70. The third kappa shape index (κ3) is 2.22. The van der Waals surface area contributed by atoms with Crippen molar-refractivity contribution in [3.63, 3.8) is 0 Å². The molecule has 0 saturated carbocycles. The molecule has 0 atom stereocenters. The lowest BCUT2D eigenvalue weighted by atomic mass is 10.5. The first-order valence-electron chi connectivity index (χ1n) is 4.33. The quantitative estimate of drug-likeness (QED) is 0.829. The summed E-state index contributed by atoms with van der Waals surface area (Å²) >= 11 is 2.66. The summed E-state index contributed by atoms with van der Waals surface area (Å²) in [4.78, 5) is 12.2. The predicted molar refractivity (Wildman–Crippen MR) is 61.8 cm³/mol. The first kappa shape index (κ1) is 11.1. The molecule has 0 aliphatic rings. The highest BCUT2D eigenvalue weighted by atomic mass is 32.2. The maximum absolute atomic E-state index is 5.83. The van der Waals surface area contributed by atoms with Gasteiger partial charge >= 0.3 is 0 Å². The van der Waals surface area contributed by atoms with E-state index in [0.717, 1.165) is 10.2 Å². The van der Waals surface area contributed by atoms with Crippen molar-refractivity contribution < 1.29 is 4.74 Å². The lowest BCUT2D eigenvalue weighted by Crippen LogP contribution is -1.98. The molecule has 0 unspecified atom stereocenters. The van der Waals surface area contributed by atoms with Crippen molar-refractivity contribution in [3.8, 4) is 5.88 Å². The Kier molecular flexibility index (Phi) is 3.20. The standard InChI is InChI=1S/C8H9N5OS2/c1-4-12-8(16-13-4)15-7-5(9)6(14-2)10-3-11-7/h3H,9H2,1-2H3. The van der Waals surface area contributed by atoms with Crippen molar-refractivity contribution in [1.29, 1.82) is 0 Å². The van der Waals surface area contributed by atoms with Crippen LogP contribution in [0.15, 0.2) is 15.7 Å². The molecule has 16 heavy (non-hydrogen) atoms. The predicted octanol–water partition coefficient (Wildman–Crippen LogP) is 1.38. The van der Waals surface area contributed by atoms with E-state index in [4.69, 9.17) is 10.5 Å². The second-order valence-electron chi connectivity index (χ2n) is 2.81. The van der Waals surface area contributed by atoms with E-state index < -0.39 is 0 Å². The van der Waals surface area contributed by atoms with Gasteiger partial charge in [-0.3, -0.25) is 0 Å². The van der Waals surface area contributed by atoms with Crippen LogP contribution in [0.1, 0.15) is 5.82 Å². The molecule has 0 amide bonds. The molecule has 0 spiro atoms. The minimum absolute atomic E-state index is 0.374. The SMILES string of the molecule is COc1ncnc(Sc2nc(C)ns2)c1N. The van der Waals surface area contributed by atoms with Crippen LogP contribution in [0.5, 0.6) is 5.88 Å². The van der Waals surface area contributed by atoms with Crippen LogP contribution in [0, 0.1) is 6.92 Å². The zero-order valence-corrected chi connectivity index (χ0v) is 10.3. The van der Waals surface area contributed by atoms with Crippen molar-refractivity contribution >= 4 is 29.0 Å². The van der Waals surface area contributed by atoms with Gasteiger partial charge in [0.05, 0.1) is 7.11 Å². The van der Waals surface area contributed by atoms with Gasteiger partial charge in [0.1, 0.15) is 22.9 Å². The molecule has 6 nitrogen and oxygen atoms in total. The average Bonchev–Trinajstić information content (AvgIpc) is 2.67. The molecule has 0 bridgehead atoms. The van der Waals surface area contributed by atoms with Crippen molar-refractivity contribution in [1.82, 2.24) is 19.3 Å². The smallest absolute Gasteiger partial charge is 0.241 e. The van der Waals surface area contributed by atoms with E-state index in [1.807, 2.05) is 6.92 Å². The fourth-order valence-corrected chi connectivity index (χ4v) is 2.57. The minimum Gasteiger partial charge on any atom is -0.479 e. The number of methoxy groups -OCH3 is 1. The van der Waals surface area contributed by atoms with E-state index in [9.17, 15) is 0 Å². The van der Waals surface area contributed by atoms with E-state index in [0.29, 0.717) is 16.6 Å². The molecule has 0 saturated heterocycles. The summed E-state index contributed by atoms with van der Waals surface area (Å²) in [5.74, 6) is 1.12. The second-order valence-corrected chi connectivity index (χ2v) is 4.80. The van der Waals surface area contributed by atoms with E-state index in [-0.39, 0.29) is 0 Å². The molecule has 8 heteroatoms. The number of ether oxygens (including phenoxy) is 1. The van der Waals surface area contributed by atoms with Crippen molar-refractivity contribution in [2.75, 3.05) is 12.8 Å². The molecule has 0 aliphatic carbocycles. The molecule has 2 heterocycles. The summed E-state index contributed by atoms with van der Waals surface area (Å²) in [6.07, 6.45) is 1.41. The molecule has 84 valence electrons. The number of anilines is 1. The number of hydrogen-bond donors (Lipinski definition) is 1. The molecule has 0 fully saturated rings. The third-order valence-electron chi connectivity index (χ3n) is 1.70. The van der Waals surface area contributed by atoms with Crippen LogP contribution in [0.25, 0.3) is 0 Å². The second kappa shape index (κ2) is 4.62. The number of aryl methyl sites for hydroxylation is 1. The highest BCUT2D eigenvalue weighted by molar-refractivity contribution is 8.01. The molecule has 2 rings (SSSR count). The number of rotatable bonds is 3. The number of aromatic nitrogens is 4. The Morgan fingerprint density at radius 1 is 1.44 bits per heavy atom. The van der Waals surface area contributed by atoms with Gasteiger partial charge in [-0.2, -0.15) is 9.36 Å². The Morgan fingerprint density at radius 2 is 2.25 bits per heavy atom. The molecule has 0 aliphatic heterocycles. The maximum atomic E-state index is 5.83. The van der Waals surface area contributed by atoms with Gasteiger partial charge in [0.25, 0.3) is 0 Å². The molecule has 0 aromatic carbocycles. The van der Waals surface area contributed by atoms with Crippen LogP contribution in [0.4, 0.5) is 5.69 Å². The normalized spacial score (nSPS) is 10.4. The lowest BCUT2D eigenvalue weighted by Gasteiger charge is -2.05. The Morgan fingerprint density at radius 3 is 2.88 bits per heavy atom. The van der Waals surface area contributed by atoms with Crippen LogP contribution in [0.2, 0.25) is 0 Å². The highest BCUT2D eigenvalue weighted by Gasteiger charge is 2.11. The highest BCUT2D eigenvalue weighted by Crippen LogP contribution is 2.34. The summed E-state index contributed by atoms with van der Waals surface area (Å²) in [5.41, 5.74) is 6.25. The monoisotopic (exact) mass is 255 g/mol. The maximum Gasteiger partial charge on any atom is 0.241 e. The number of nitrogens with zero attached hydrogens (tertiary/aromatic N) is 4. The topological polar surface area (TPSA) is 86.8 Å². The van der Waals surface area contributed by atoms with Gasteiger partial charge in [0, 0.05) is 0 Å². The molecule has 2 aromatic rings. The van der Waals surface area contributed by atoms with Crippen LogP contribution in [-0.4, -0.2) is 26.4 Å². The fourth-order valence-electron chi connectivity index (χ4n) is 1.01. The largest absolute Gasteiger partial charge is 0.479 e. The van der Waals surface area contributed by atoms with Crippen LogP contribution >= 0.6 is 23.3 Å². The Labute approximate surface area is 100 Å². The summed E-state index contributed by atoms with van der Waals surface area (Å²) in [7, 11) is 1.52. The number of hydrogen-bond acceptors (Lipinski definition) is 8.